The summed E-state index contributed by atoms with van der Waals surface area (Å²) in [5.41, 5.74) is 0.204. The standard InChI is InChI=1S/C22H25BrClN3O3S/c1-14(2)11-12-27(31(29,30)18-8-5-16(23)6-9-18)15(3)21-25-20-13-17(24)7-10-19(20)22(28)26(21)4/h5-10,13-15H,11-12H2,1-4H3. The third-order valence-corrected chi connectivity index (χ3v) is 7.97. The molecule has 0 aliphatic rings. The van der Waals surface area contributed by atoms with E-state index in [0.717, 1.165) is 4.47 Å². The zero-order chi connectivity index (χ0) is 22.9. The molecule has 0 amide bonds. The number of fused-ring (bicyclic) bond motifs is 1. The Hall–Kier alpha value is -1.74. The molecule has 6 nitrogen and oxygen atoms in total. The first-order chi connectivity index (χ1) is 14.5. The van der Waals surface area contributed by atoms with Crippen molar-refractivity contribution in [2.24, 2.45) is 13.0 Å². The molecule has 1 atom stereocenters. The Morgan fingerprint density at radius 2 is 1.77 bits per heavy atom. The molecule has 0 bridgehead atoms. The van der Waals surface area contributed by atoms with Gasteiger partial charge in [0, 0.05) is 23.1 Å². The first-order valence-electron chi connectivity index (χ1n) is 9.96. The van der Waals surface area contributed by atoms with Crippen LogP contribution in [0.25, 0.3) is 10.9 Å². The SMILES string of the molecule is CC(C)CCN(C(C)c1nc2cc(Cl)ccc2c(=O)n1C)S(=O)(=O)c1ccc(Br)cc1. The number of hydrogen-bond acceptors (Lipinski definition) is 4. The lowest BCUT2D eigenvalue weighted by atomic mass is 10.1. The molecule has 0 aliphatic heterocycles. The average molecular weight is 527 g/mol. The highest BCUT2D eigenvalue weighted by Gasteiger charge is 2.32. The second kappa shape index (κ2) is 9.40. The zero-order valence-corrected chi connectivity index (χ0v) is 21.0. The summed E-state index contributed by atoms with van der Waals surface area (Å²) in [6.45, 7) is 6.15. The Labute approximate surface area is 196 Å². The van der Waals surface area contributed by atoms with E-state index in [-0.39, 0.29) is 10.5 Å². The van der Waals surface area contributed by atoms with Crippen LogP contribution in [0.5, 0.6) is 0 Å². The van der Waals surface area contributed by atoms with E-state index >= 15 is 0 Å². The summed E-state index contributed by atoms with van der Waals surface area (Å²) in [6, 6.07) is 10.8. The summed E-state index contributed by atoms with van der Waals surface area (Å²) in [5.74, 6) is 0.672. The van der Waals surface area contributed by atoms with Crippen LogP contribution < -0.4 is 5.56 Å². The van der Waals surface area contributed by atoms with Gasteiger partial charge >= 0.3 is 0 Å². The lowest BCUT2D eigenvalue weighted by Crippen LogP contribution is -2.38. The van der Waals surface area contributed by atoms with Crippen molar-refractivity contribution in [3.05, 3.63) is 68.1 Å². The van der Waals surface area contributed by atoms with Crippen molar-refractivity contribution in [1.29, 1.82) is 0 Å². The number of sulfonamides is 1. The normalized spacial score (nSPS) is 13.3. The summed E-state index contributed by atoms with van der Waals surface area (Å²) < 4.78 is 30.8. The minimum Gasteiger partial charge on any atom is -0.298 e. The molecule has 31 heavy (non-hydrogen) atoms. The molecule has 0 N–H and O–H groups in total. The van der Waals surface area contributed by atoms with Crippen molar-refractivity contribution in [2.45, 2.75) is 38.1 Å². The Bertz CT molecular complexity index is 1260. The van der Waals surface area contributed by atoms with Crippen molar-refractivity contribution < 1.29 is 8.42 Å². The zero-order valence-electron chi connectivity index (χ0n) is 17.8. The minimum absolute atomic E-state index is 0.195. The summed E-state index contributed by atoms with van der Waals surface area (Å²) >= 11 is 9.44. The molecular weight excluding hydrogens is 502 g/mol. The fraction of sp³-hybridized carbons (Fsp3) is 0.364. The maximum Gasteiger partial charge on any atom is 0.261 e. The van der Waals surface area contributed by atoms with Gasteiger partial charge in [0.25, 0.3) is 5.56 Å². The largest absolute Gasteiger partial charge is 0.298 e. The number of benzene rings is 2. The van der Waals surface area contributed by atoms with Gasteiger partial charge in [0.2, 0.25) is 10.0 Å². The first-order valence-corrected chi connectivity index (χ1v) is 12.6. The van der Waals surface area contributed by atoms with E-state index in [2.05, 4.69) is 20.9 Å². The van der Waals surface area contributed by atoms with Crippen LogP contribution >= 0.6 is 27.5 Å². The average Bonchev–Trinajstić information content (AvgIpc) is 2.70. The van der Waals surface area contributed by atoms with Gasteiger partial charge in [0.05, 0.1) is 21.8 Å². The van der Waals surface area contributed by atoms with E-state index in [1.165, 1.54) is 8.87 Å². The molecule has 0 radical (unpaired) electrons. The molecule has 0 saturated carbocycles. The van der Waals surface area contributed by atoms with Gasteiger partial charge in [-0.2, -0.15) is 4.31 Å². The summed E-state index contributed by atoms with van der Waals surface area (Å²) in [4.78, 5) is 17.7. The maximum absolute atomic E-state index is 13.6. The quantitative estimate of drug-likeness (QED) is 0.427. The second-order valence-electron chi connectivity index (χ2n) is 7.92. The van der Waals surface area contributed by atoms with Crippen LogP contribution in [0.15, 0.2) is 56.6 Å². The Balaban J connectivity index is 2.14. The second-order valence-corrected chi connectivity index (χ2v) is 11.2. The fourth-order valence-electron chi connectivity index (χ4n) is 3.41. The molecule has 1 unspecified atom stereocenters. The molecule has 166 valence electrons. The smallest absolute Gasteiger partial charge is 0.261 e. The van der Waals surface area contributed by atoms with Crippen LogP contribution in [-0.2, 0) is 17.1 Å². The van der Waals surface area contributed by atoms with Crippen LogP contribution in [-0.4, -0.2) is 28.8 Å². The molecule has 1 heterocycles. The van der Waals surface area contributed by atoms with Crippen molar-refractivity contribution in [1.82, 2.24) is 13.9 Å². The lowest BCUT2D eigenvalue weighted by molar-refractivity contribution is 0.306. The van der Waals surface area contributed by atoms with Gasteiger partial charge in [-0.15, -0.1) is 0 Å². The molecule has 2 aromatic carbocycles. The highest BCUT2D eigenvalue weighted by atomic mass is 79.9. The van der Waals surface area contributed by atoms with E-state index in [9.17, 15) is 13.2 Å². The molecule has 3 aromatic rings. The van der Waals surface area contributed by atoms with Gasteiger partial charge in [-0.1, -0.05) is 41.4 Å². The van der Waals surface area contributed by atoms with E-state index < -0.39 is 16.1 Å². The molecule has 3 rings (SSSR count). The summed E-state index contributed by atoms with van der Waals surface area (Å²) in [6.07, 6.45) is 0.674. The molecule has 0 fully saturated rings. The van der Waals surface area contributed by atoms with Gasteiger partial charge in [-0.3, -0.25) is 9.36 Å². The van der Waals surface area contributed by atoms with Gasteiger partial charge in [0.15, 0.2) is 0 Å². The highest BCUT2D eigenvalue weighted by Crippen LogP contribution is 2.29. The minimum atomic E-state index is -3.82. The Morgan fingerprint density at radius 3 is 2.39 bits per heavy atom. The van der Waals surface area contributed by atoms with E-state index in [0.29, 0.717) is 40.6 Å². The van der Waals surface area contributed by atoms with E-state index in [4.69, 9.17) is 11.6 Å². The first kappa shape index (κ1) is 23.9. The predicted molar refractivity (Wildman–Crippen MR) is 128 cm³/mol. The monoisotopic (exact) mass is 525 g/mol. The number of halogens is 2. The van der Waals surface area contributed by atoms with Crippen LogP contribution in [0.4, 0.5) is 0 Å². The van der Waals surface area contributed by atoms with Crippen LogP contribution in [0.3, 0.4) is 0 Å². The summed E-state index contributed by atoms with van der Waals surface area (Å²) in [7, 11) is -2.21. The fourth-order valence-corrected chi connectivity index (χ4v) is 5.45. The molecule has 0 saturated heterocycles. The van der Waals surface area contributed by atoms with Gasteiger partial charge in [-0.05, 0) is 61.7 Å². The third-order valence-electron chi connectivity index (χ3n) is 5.23. The Morgan fingerprint density at radius 1 is 1.13 bits per heavy atom. The Kier molecular flexibility index (Phi) is 7.25. The van der Waals surface area contributed by atoms with Crippen LogP contribution in [0, 0.1) is 5.92 Å². The molecule has 9 heteroatoms. The summed E-state index contributed by atoms with van der Waals surface area (Å²) in [5, 5.41) is 0.901. The third kappa shape index (κ3) is 5.03. The topological polar surface area (TPSA) is 72.3 Å². The lowest BCUT2D eigenvalue weighted by Gasteiger charge is -2.29. The van der Waals surface area contributed by atoms with E-state index in [1.54, 1.807) is 56.4 Å². The number of rotatable bonds is 7. The molecular formula is C22H25BrClN3O3S. The number of nitrogens with zero attached hydrogens (tertiary/aromatic N) is 3. The maximum atomic E-state index is 13.6. The van der Waals surface area contributed by atoms with Crippen molar-refractivity contribution >= 4 is 48.5 Å². The van der Waals surface area contributed by atoms with Crippen molar-refractivity contribution in [3.8, 4) is 0 Å². The number of hydrogen-bond donors (Lipinski definition) is 0. The number of aromatic nitrogens is 2. The van der Waals surface area contributed by atoms with Gasteiger partial charge in [-0.25, -0.2) is 13.4 Å². The van der Waals surface area contributed by atoms with Crippen LogP contribution in [0.1, 0.15) is 39.1 Å². The van der Waals surface area contributed by atoms with Gasteiger partial charge < -0.3 is 0 Å². The predicted octanol–water partition coefficient (Wildman–Crippen LogP) is 5.15. The molecule has 1 aromatic heterocycles. The molecule has 0 aliphatic carbocycles. The van der Waals surface area contributed by atoms with Crippen LogP contribution in [0.2, 0.25) is 5.02 Å². The molecule has 0 spiro atoms. The van der Waals surface area contributed by atoms with Crippen molar-refractivity contribution in [2.75, 3.05) is 6.54 Å². The van der Waals surface area contributed by atoms with E-state index in [1.807, 2.05) is 13.8 Å². The van der Waals surface area contributed by atoms with Gasteiger partial charge in [0.1, 0.15) is 5.82 Å². The van der Waals surface area contributed by atoms with Crippen molar-refractivity contribution in [3.63, 3.8) is 0 Å². The highest BCUT2D eigenvalue weighted by molar-refractivity contribution is 9.10.